The molecule has 0 aliphatic heterocycles. The summed E-state index contributed by atoms with van der Waals surface area (Å²) >= 11 is 1.33. The standard InChI is InChI=1S/C8H8N2OS/c1-2-3-7(11)4-6-5-12-8(9)10-6/h1,5H,3-4H2,(H2,9,10). The molecule has 0 aliphatic carbocycles. The molecule has 3 nitrogen and oxygen atoms in total. The van der Waals surface area contributed by atoms with E-state index in [1.54, 1.807) is 5.38 Å². The molecule has 0 bridgehead atoms. The van der Waals surface area contributed by atoms with Crippen LogP contribution in [-0.4, -0.2) is 10.8 Å². The number of carbonyl (C=O) groups excluding carboxylic acids is 1. The Bertz CT molecular complexity index is 324. The van der Waals surface area contributed by atoms with Crippen LogP contribution in [0.5, 0.6) is 0 Å². The van der Waals surface area contributed by atoms with Crippen molar-refractivity contribution >= 4 is 22.3 Å². The summed E-state index contributed by atoms with van der Waals surface area (Å²) in [4.78, 5) is 14.9. The molecule has 1 aromatic rings. The summed E-state index contributed by atoms with van der Waals surface area (Å²) in [5.74, 6) is 2.29. The number of nitrogen functional groups attached to an aromatic ring is 1. The summed E-state index contributed by atoms with van der Waals surface area (Å²) in [7, 11) is 0. The average molecular weight is 180 g/mol. The van der Waals surface area contributed by atoms with Crippen molar-refractivity contribution in [2.45, 2.75) is 12.8 Å². The van der Waals surface area contributed by atoms with E-state index in [-0.39, 0.29) is 18.6 Å². The second kappa shape index (κ2) is 3.88. The number of nitrogens with zero attached hydrogens (tertiary/aromatic N) is 1. The largest absolute Gasteiger partial charge is 0.375 e. The van der Waals surface area contributed by atoms with Gasteiger partial charge in [0.1, 0.15) is 0 Å². The number of ketones is 1. The molecule has 0 aliphatic rings. The first-order valence-electron chi connectivity index (χ1n) is 3.37. The molecule has 0 amide bonds. The maximum Gasteiger partial charge on any atom is 0.180 e. The molecule has 0 saturated heterocycles. The number of Topliss-reactive ketones (excluding diaryl/α,β-unsaturated/α-hetero) is 1. The maximum atomic E-state index is 11.0. The topological polar surface area (TPSA) is 56.0 Å². The third-order valence-electron chi connectivity index (χ3n) is 1.25. The van der Waals surface area contributed by atoms with E-state index in [1.807, 2.05) is 0 Å². The van der Waals surface area contributed by atoms with Gasteiger partial charge in [0.15, 0.2) is 10.9 Å². The van der Waals surface area contributed by atoms with Gasteiger partial charge in [-0.25, -0.2) is 4.98 Å². The van der Waals surface area contributed by atoms with Crippen molar-refractivity contribution < 1.29 is 4.79 Å². The van der Waals surface area contributed by atoms with Crippen LogP contribution in [0.25, 0.3) is 0 Å². The fraction of sp³-hybridized carbons (Fsp3) is 0.250. The van der Waals surface area contributed by atoms with Gasteiger partial charge in [-0.15, -0.1) is 17.8 Å². The van der Waals surface area contributed by atoms with Gasteiger partial charge in [-0.2, -0.15) is 0 Å². The van der Waals surface area contributed by atoms with Gasteiger partial charge in [0.2, 0.25) is 0 Å². The van der Waals surface area contributed by atoms with E-state index in [9.17, 15) is 4.79 Å². The van der Waals surface area contributed by atoms with Crippen LogP contribution in [0.1, 0.15) is 12.1 Å². The molecule has 0 atom stereocenters. The molecule has 0 saturated carbocycles. The molecule has 4 heteroatoms. The van der Waals surface area contributed by atoms with Crippen LogP contribution < -0.4 is 5.73 Å². The van der Waals surface area contributed by atoms with E-state index < -0.39 is 0 Å². The molecule has 0 unspecified atom stereocenters. The van der Waals surface area contributed by atoms with E-state index >= 15 is 0 Å². The van der Waals surface area contributed by atoms with Crippen molar-refractivity contribution in [2.24, 2.45) is 0 Å². The molecule has 1 rings (SSSR count). The first-order chi connectivity index (χ1) is 5.72. The van der Waals surface area contributed by atoms with Crippen LogP contribution in [0.4, 0.5) is 5.13 Å². The number of thiazole rings is 1. The van der Waals surface area contributed by atoms with E-state index in [4.69, 9.17) is 12.2 Å². The van der Waals surface area contributed by atoms with Crippen LogP contribution in [0.3, 0.4) is 0 Å². The summed E-state index contributed by atoms with van der Waals surface area (Å²) in [6.45, 7) is 0. The van der Waals surface area contributed by atoms with E-state index in [0.29, 0.717) is 10.8 Å². The minimum atomic E-state index is 0.00259. The Hall–Kier alpha value is -1.34. The highest BCUT2D eigenvalue weighted by atomic mass is 32.1. The molecule has 0 radical (unpaired) electrons. The van der Waals surface area contributed by atoms with Gasteiger partial charge in [0.05, 0.1) is 18.5 Å². The number of nitrogens with two attached hydrogens (primary N) is 1. The molecule has 0 fully saturated rings. The average Bonchev–Trinajstić information content (AvgIpc) is 2.36. The van der Waals surface area contributed by atoms with Gasteiger partial charge in [0.25, 0.3) is 0 Å². The Morgan fingerprint density at radius 1 is 1.83 bits per heavy atom. The van der Waals surface area contributed by atoms with Crippen molar-refractivity contribution in [1.29, 1.82) is 0 Å². The number of anilines is 1. The molecule has 0 spiro atoms. The van der Waals surface area contributed by atoms with Gasteiger partial charge in [-0.1, -0.05) is 5.92 Å². The fourth-order valence-electron chi connectivity index (χ4n) is 0.782. The predicted octanol–water partition coefficient (Wildman–Crippen LogP) is 0.860. The zero-order chi connectivity index (χ0) is 8.97. The quantitative estimate of drug-likeness (QED) is 0.702. The number of hydrogen-bond acceptors (Lipinski definition) is 4. The molecule has 0 aromatic carbocycles. The first kappa shape index (κ1) is 8.75. The summed E-state index contributed by atoms with van der Waals surface area (Å²) in [6.07, 6.45) is 5.43. The minimum absolute atomic E-state index is 0.00259. The lowest BCUT2D eigenvalue weighted by molar-refractivity contribution is -0.117. The van der Waals surface area contributed by atoms with Crippen LogP contribution >= 0.6 is 11.3 Å². The molecule has 12 heavy (non-hydrogen) atoms. The molecule has 2 N–H and O–H groups in total. The number of rotatable bonds is 3. The van der Waals surface area contributed by atoms with Gasteiger partial charge in [-0.05, 0) is 0 Å². The SMILES string of the molecule is C#CCC(=O)Cc1csc(N)n1. The maximum absolute atomic E-state index is 11.0. The summed E-state index contributed by atoms with van der Waals surface area (Å²) in [5, 5.41) is 2.25. The van der Waals surface area contributed by atoms with Crippen molar-refractivity contribution in [2.75, 3.05) is 5.73 Å². The third kappa shape index (κ3) is 2.36. The molecular formula is C8H8N2OS. The zero-order valence-electron chi connectivity index (χ0n) is 6.41. The Balaban J connectivity index is 2.53. The zero-order valence-corrected chi connectivity index (χ0v) is 7.23. The van der Waals surface area contributed by atoms with Gasteiger partial charge in [-0.3, -0.25) is 4.79 Å². The number of hydrogen-bond donors (Lipinski definition) is 1. The Morgan fingerprint density at radius 2 is 2.58 bits per heavy atom. The predicted molar refractivity (Wildman–Crippen MR) is 48.7 cm³/mol. The van der Waals surface area contributed by atoms with Gasteiger partial charge in [0, 0.05) is 5.38 Å². The van der Waals surface area contributed by atoms with Crippen LogP contribution in [-0.2, 0) is 11.2 Å². The number of aromatic nitrogens is 1. The monoisotopic (exact) mass is 180 g/mol. The van der Waals surface area contributed by atoms with Crippen molar-refractivity contribution in [1.82, 2.24) is 4.98 Å². The lowest BCUT2D eigenvalue weighted by Crippen LogP contribution is -2.01. The highest BCUT2D eigenvalue weighted by molar-refractivity contribution is 7.13. The molecule has 1 heterocycles. The van der Waals surface area contributed by atoms with Crippen molar-refractivity contribution in [3.63, 3.8) is 0 Å². The third-order valence-corrected chi connectivity index (χ3v) is 1.97. The Morgan fingerprint density at radius 3 is 3.08 bits per heavy atom. The fourth-order valence-corrected chi connectivity index (χ4v) is 1.34. The van der Waals surface area contributed by atoms with E-state index in [0.717, 1.165) is 0 Å². The first-order valence-corrected chi connectivity index (χ1v) is 4.25. The van der Waals surface area contributed by atoms with Gasteiger partial charge < -0.3 is 5.73 Å². The molecule has 62 valence electrons. The van der Waals surface area contributed by atoms with E-state index in [1.165, 1.54) is 11.3 Å². The number of terminal acetylenes is 1. The normalized spacial score (nSPS) is 9.25. The van der Waals surface area contributed by atoms with Crippen LogP contribution in [0.15, 0.2) is 5.38 Å². The summed E-state index contributed by atoms with van der Waals surface area (Å²) in [6, 6.07) is 0. The van der Waals surface area contributed by atoms with Crippen molar-refractivity contribution in [3.8, 4) is 12.3 Å². The van der Waals surface area contributed by atoms with Crippen LogP contribution in [0.2, 0.25) is 0 Å². The Labute approximate surface area is 74.6 Å². The smallest absolute Gasteiger partial charge is 0.180 e. The summed E-state index contributed by atoms with van der Waals surface area (Å²) in [5.41, 5.74) is 6.09. The lowest BCUT2D eigenvalue weighted by Gasteiger charge is -1.90. The highest BCUT2D eigenvalue weighted by Gasteiger charge is 2.04. The van der Waals surface area contributed by atoms with E-state index in [2.05, 4.69) is 10.9 Å². The summed E-state index contributed by atoms with van der Waals surface area (Å²) < 4.78 is 0. The highest BCUT2D eigenvalue weighted by Crippen LogP contribution is 2.11. The molecular weight excluding hydrogens is 172 g/mol. The lowest BCUT2D eigenvalue weighted by atomic mass is 10.2. The van der Waals surface area contributed by atoms with Crippen molar-refractivity contribution in [3.05, 3.63) is 11.1 Å². The Kier molecular flexibility index (Phi) is 2.83. The molecule has 1 aromatic heterocycles. The second-order valence-electron chi connectivity index (χ2n) is 2.27. The van der Waals surface area contributed by atoms with Crippen LogP contribution in [0, 0.1) is 12.3 Å². The number of carbonyl (C=O) groups is 1. The van der Waals surface area contributed by atoms with Gasteiger partial charge >= 0.3 is 0 Å². The minimum Gasteiger partial charge on any atom is -0.375 e. The second-order valence-corrected chi connectivity index (χ2v) is 3.16.